The first kappa shape index (κ1) is 14.1. The second kappa shape index (κ2) is 5.12. The molecule has 2 nitrogen and oxygen atoms in total. The van der Waals surface area contributed by atoms with Crippen molar-refractivity contribution in [3.05, 3.63) is 89.7 Å². The van der Waals surface area contributed by atoms with Gasteiger partial charge in [0.15, 0.2) is 0 Å². The highest BCUT2D eigenvalue weighted by Gasteiger charge is 2.29. The summed E-state index contributed by atoms with van der Waals surface area (Å²) in [5.74, 6) is 0.0107. The number of ketones is 1. The third-order valence-corrected chi connectivity index (χ3v) is 4.97. The molecule has 0 unspecified atom stereocenters. The standard InChI is InChI=1S/C23H15NO/c1-14-13-16-11-12-24-22-20(16)21(19(14)15-7-3-2-4-8-15)17-9-5-6-10-18(17)23(22)25/h2-13H,1H3. The van der Waals surface area contributed by atoms with Gasteiger partial charge in [-0.2, -0.15) is 0 Å². The molecule has 0 bridgehead atoms. The summed E-state index contributed by atoms with van der Waals surface area (Å²) in [6.45, 7) is 2.14. The van der Waals surface area contributed by atoms with Crippen molar-refractivity contribution in [1.29, 1.82) is 0 Å². The molecule has 118 valence electrons. The SMILES string of the molecule is Cc1cc2ccnc3c2c(c1-c1ccccc1)-c1ccccc1C3=O. The fraction of sp³-hybridized carbons (Fsp3) is 0.0435. The molecule has 2 heteroatoms. The molecule has 0 amide bonds. The highest BCUT2D eigenvalue weighted by molar-refractivity contribution is 6.26. The second-order valence-electron chi connectivity index (χ2n) is 6.44. The van der Waals surface area contributed by atoms with E-state index < -0.39 is 0 Å². The minimum absolute atomic E-state index is 0.0107. The van der Waals surface area contributed by atoms with Crippen molar-refractivity contribution in [2.24, 2.45) is 0 Å². The van der Waals surface area contributed by atoms with Gasteiger partial charge in [-0.3, -0.25) is 9.78 Å². The van der Waals surface area contributed by atoms with Crippen LogP contribution in [0.25, 0.3) is 33.0 Å². The number of aromatic nitrogens is 1. The molecule has 1 aromatic heterocycles. The van der Waals surface area contributed by atoms with Crippen LogP contribution in [-0.4, -0.2) is 10.8 Å². The number of hydrogen-bond donors (Lipinski definition) is 0. The molecule has 25 heavy (non-hydrogen) atoms. The molecule has 3 aromatic carbocycles. The summed E-state index contributed by atoms with van der Waals surface area (Å²) in [5, 5.41) is 2.04. The van der Waals surface area contributed by atoms with Crippen molar-refractivity contribution in [3.63, 3.8) is 0 Å². The van der Waals surface area contributed by atoms with Gasteiger partial charge in [-0.15, -0.1) is 0 Å². The normalized spacial score (nSPS) is 12.3. The molecule has 0 saturated heterocycles. The van der Waals surface area contributed by atoms with Gasteiger partial charge < -0.3 is 0 Å². The Kier molecular flexibility index (Phi) is 2.89. The molecular formula is C23H15NO. The number of aryl methyl sites for hydroxylation is 1. The molecule has 0 N–H and O–H groups in total. The second-order valence-corrected chi connectivity index (χ2v) is 6.44. The van der Waals surface area contributed by atoms with Gasteiger partial charge in [-0.1, -0.05) is 60.7 Å². The molecule has 0 aliphatic heterocycles. The Morgan fingerprint density at radius 1 is 0.800 bits per heavy atom. The number of carbonyl (C=O) groups is 1. The average molecular weight is 321 g/mol. The van der Waals surface area contributed by atoms with Crippen molar-refractivity contribution in [2.75, 3.05) is 0 Å². The maximum atomic E-state index is 13.0. The van der Waals surface area contributed by atoms with E-state index in [9.17, 15) is 4.79 Å². The van der Waals surface area contributed by atoms with Crippen molar-refractivity contribution in [1.82, 2.24) is 4.98 Å². The van der Waals surface area contributed by atoms with E-state index in [0.29, 0.717) is 5.69 Å². The summed E-state index contributed by atoms with van der Waals surface area (Å²) in [4.78, 5) is 17.4. The minimum Gasteiger partial charge on any atom is -0.287 e. The van der Waals surface area contributed by atoms with Crippen molar-refractivity contribution in [3.8, 4) is 22.3 Å². The van der Waals surface area contributed by atoms with Crippen LogP contribution < -0.4 is 0 Å². The predicted octanol–water partition coefficient (Wildman–Crippen LogP) is 5.42. The quantitative estimate of drug-likeness (QED) is 0.412. The zero-order valence-electron chi connectivity index (χ0n) is 13.8. The third-order valence-electron chi connectivity index (χ3n) is 4.97. The largest absolute Gasteiger partial charge is 0.287 e. The minimum atomic E-state index is 0.0107. The van der Waals surface area contributed by atoms with Crippen molar-refractivity contribution < 1.29 is 4.79 Å². The van der Waals surface area contributed by atoms with Gasteiger partial charge in [0, 0.05) is 22.7 Å². The highest BCUT2D eigenvalue weighted by atomic mass is 16.1. The highest BCUT2D eigenvalue weighted by Crippen LogP contribution is 2.45. The van der Waals surface area contributed by atoms with Gasteiger partial charge in [-0.25, -0.2) is 0 Å². The molecule has 5 rings (SSSR count). The molecule has 1 heterocycles. The topological polar surface area (TPSA) is 30.0 Å². The third kappa shape index (κ3) is 1.91. The number of pyridine rings is 1. The van der Waals surface area contributed by atoms with Gasteiger partial charge in [0.1, 0.15) is 5.69 Å². The summed E-state index contributed by atoms with van der Waals surface area (Å²) >= 11 is 0. The Labute approximate surface area is 145 Å². The number of hydrogen-bond acceptors (Lipinski definition) is 2. The molecule has 1 aliphatic rings. The number of rotatable bonds is 1. The van der Waals surface area contributed by atoms with Crippen LogP contribution in [0, 0.1) is 6.92 Å². The number of carbonyl (C=O) groups excluding carboxylic acids is 1. The van der Waals surface area contributed by atoms with E-state index in [0.717, 1.165) is 33.0 Å². The van der Waals surface area contributed by atoms with Gasteiger partial charge >= 0.3 is 0 Å². The molecule has 0 atom stereocenters. The predicted molar refractivity (Wildman–Crippen MR) is 101 cm³/mol. The summed E-state index contributed by atoms with van der Waals surface area (Å²) in [7, 11) is 0. The van der Waals surface area contributed by atoms with E-state index >= 15 is 0 Å². The Hall–Kier alpha value is -3.26. The zero-order valence-corrected chi connectivity index (χ0v) is 13.8. The number of benzene rings is 3. The lowest BCUT2D eigenvalue weighted by Gasteiger charge is -2.23. The molecular weight excluding hydrogens is 306 g/mol. The van der Waals surface area contributed by atoms with E-state index in [2.05, 4.69) is 42.2 Å². The van der Waals surface area contributed by atoms with Crippen LogP contribution in [0.5, 0.6) is 0 Å². The Balaban J connectivity index is 2.04. The van der Waals surface area contributed by atoms with Crippen LogP contribution in [0.3, 0.4) is 0 Å². The fourth-order valence-corrected chi connectivity index (χ4v) is 3.93. The van der Waals surface area contributed by atoms with Gasteiger partial charge in [0.2, 0.25) is 5.78 Å². The Bertz CT molecular complexity index is 1160. The van der Waals surface area contributed by atoms with Crippen LogP contribution in [0.2, 0.25) is 0 Å². The van der Waals surface area contributed by atoms with E-state index in [1.165, 1.54) is 11.1 Å². The number of nitrogens with zero attached hydrogens (tertiary/aromatic N) is 1. The molecule has 0 radical (unpaired) electrons. The van der Waals surface area contributed by atoms with E-state index in [4.69, 9.17) is 0 Å². The lowest BCUT2D eigenvalue weighted by molar-refractivity contribution is 0.103. The van der Waals surface area contributed by atoms with Crippen LogP contribution in [-0.2, 0) is 0 Å². The van der Waals surface area contributed by atoms with Crippen LogP contribution >= 0.6 is 0 Å². The Morgan fingerprint density at radius 3 is 2.32 bits per heavy atom. The van der Waals surface area contributed by atoms with Crippen molar-refractivity contribution in [2.45, 2.75) is 6.92 Å². The smallest absolute Gasteiger partial charge is 0.212 e. The van der Waals surface area contributed by atoms with E-state index in [1.54, 1.807) is 6.20 Å². The molecule has 4 aromatic rings. The van der Waals surface area contributed by atoms with Gasteiger partial charge in [-0.05, 0) is 40.6 Å². The first-order chi connectivity index (χ1) is 12.3. The lowest BCUT2D eigenvalue weighted by atomic mass is 9.80. The maximum absolute atomic E-state index is 13.0. The van der Waals surface area contributed by atoms with Crippen LogP contribution in [0.4, 0.5) is 0 Å². The lowest BCUT2D eigenvalue weighted by Crippen LogP contribution is -2.12. The molecule has 0 fully saturated rings. The monoisotopic (exact) mass is 321 g/mol. The molecule has 0 spiro atoms. The summed E-state index contributed by atoms with van der Waals surface area (Å²) in [6, 6.07) is 22.4. The van der Waals surface area contributed by atoms with Crippen LogP contribution in [0.1, 0.15) is 21.6 Å². The average Bonchev–Trinajstić information content (AvgIpc) is 2.66. The van der Waals surface area contributed by atoms with Gasteiger partial charge in [0.25, 0.3) is 0 Å². The molecule has 1 aliphatic carbocycles. The first-order valence-electron chi connectivity index (χ1n) is 8.37. The molecule has 0 saturated carbocycles. The maximum Gasteiger partial charge on any atom is 0.212 e. The van der Waals surface area contributed by atoms with Crippen LogP contribution in [0.15, 0.2) is 72.9 Å². The van der Waals surface area contributed by atoms with Crippen molar-refractivity contribution >= 4 is 16.6 Å². The summed E-state index contributed by atoms with van der Waals surface area (Å²) in [6.07, 6.45) is 1.73. The fourth-order valence-electron chi connectivity index (χ4n) is 3.93. The number of fused-ring (bicyclic) bond motifs is 2. The van der Waals surface area contributed by atoms with E-state index in [-0.39, 0.29) is 5.78 Å². The first-order valence-corrected chi connectivity index (χ1v) is 8.37. The zero-order chi connectivity index (χ0) is 17.0. The Morgan fingerprint density at radius 2 is 1.52 bits per heavy atom. The summed E-state index contributed by atoms with van der Waals surface area (Å²) < 4.78 is 0. The van der Waals surface area contributed by atoms with Gasteiger partial charge in [0.05, 0.1) is 0 Å². The summed E-state index contributed by atoms with van der Waals surface area (Å²) in [5.41, 5.74) is 6.97. The van der Waals surface area contributed by atoms with E-state index in [1.807, 2.05) is 36.4 Å².